The summed E-state index contributed by atoms with van der Waals surface area (Å²) in [5.74, 6) is 0. The molecule has 1 aliphatic rings. The second kappa shape index (κ2) is 3.89. The first kappa shape index (κ1) is 10.3. The molecule has 2 heterocycles. The summed E-state index contributed by atoms with van der Waals surface area (Å²) in [7, 11) is 0. The van der Waals surface area contributed by atoms with E-state index in [0.29, 0.717) is 0 Å². The predicted octanol–water partition coefficient (Wildman–Crippen LogP) is 3.29. The molecule has 17 heavy (non-hydrogen) atoms. The molecule has 1 N–H and O–H groups in total. The van der Waals surface area contributed by atoms with Gasteiger partial charge in [-0.2, -0.15) is 5.26 Å². The van der Waals surface area contributed by atoms with Gasteiger partial charge in [-0.1, -0.05) is 19.3 Å². The average molecular weight is 225 g/mol. The highest BCUT2D eigenvalue weighted by Crippen LogP contribution is 2.39. The number of aromatic nitrogens is 2. The number of fused-ring (bicyclic) bond motifs is 1. The van der Waals surface area contributed by atoms with Crippen molar-refractivity contribution in [3.8, 4) is 6.07 Å². The fraction of sp³-hybridized carbons (Fsp3) is 0.429. The zero-order chi connectivity index (χ0) is 11.7. The smallest absolute Gasteiger partial charge is 0.137 e. The van der Waals surface area contributed by atoms with E-state index in [2.05, 4.69) is 22.1 Å². The number of aromatic amines is 1. The first-order valence-electron chi connectivity index (χ1n) is 6.20. The van der Waals surface area contributed by atoms with Crippen molar-refractivity contribution in [3.05, 3.63) is 30.1 Å². The van der Waals surface area contributed by atoms with E-state index in [1.54, 1.807) is 6.20 Å². The predicted molar refractivity (Wildman–Crippen MR) is 66.5 cm³/mol. The molecule has 2 aromatic heterocycles. The van der Waals surface area contributed by atoms with Gasteiger partial charge >= 0.3 is 0 Å². The van der Waals surface area contributed by atoms with Crippen LogP contribution < -0.4 is 0 Å². The molecular formula is C14H15N3. The van der Waals surface area contributed by atoms with Crippen molar-refractivity contribution < 1.29 is 0 Å². The van der Waals surface area contributed by atoms with E-state index in [4.69, 9.17) is 0 Å². The average Bonchev–Trinajstić information content (AvgIpc) is 2.84. The SMILES string of the molecule is N#CC1(c2cc3cccnc3[nH]2)CCCCC1. The topological polar surface area (TPSA) is 52.5 Å². The number of nitrogens with one attached hydrogen (secondary N) is 1. The molecule has 3 nitrogen and oxygen atoms in total. The van der Waals surface area contributed by atoms with Gasteiger partial charge in [0.05, 0.1) is 11.5 Å². The Hall–Kier alpha value is -1.82. The van der Waals surface area contributed by atoms with E-state index >= 15 is 0 Å². The van der Waals surface area contributed by atoms with Crippen LogP contribution in [0.1, 0.15) is 37.8 Å². The highest BCUT2D eigenvalue weighted by Gasteiger charge is 2.35. The van der Waals surface area contributed by atoms with Crippen LogP contribution in [0.5, 0.6) is 0 Å². The Morgan fingerprint density at radius 3 is 2.82 bits per heavy atom. The number of nitrogens with zero attached hydrogens (tertiary/aromatic N) is 2. The van der Waals surface area contributed by atoms with Crippen LogP contribution in [0.4, 0.5) is 0 Å². The molecule has 0 spiro atoms. The van der Waals surface area contributed by atoms with E-state index in [9.17, 15) is 5.26 Å². The first-order chi connectivity index (χ1) is 8.34. The van der Waals surface area contributed by atoms with Gasteiger partial charge in [-0.3, -0.25) is 0 Å². The van der Waals surface area contributed by atoms with Crippen molar-refractivity contribution in [1.29, 1.82) is 5.26 Å². The van der Waals surface area contributed by atoms with Gasteiger partial charge in [0.15, 0.2) is 0 Å². The third-order valence-corrected chi connectivity index (χ3v) is 3.83. The summed E-state index contributed by atoms with van der Waals surface area (Å²) >= 11 is 0. The van der Waals surface area contributed by atoms with Gasteiger partial charge in [0, 0.05) is 17.3 Å². The third kappa shape index (κ3) is 1.61. The summed E-state index contributed by atoms with van der Waals surface area (Å²) in [6.45, 7) is 0. The van der Waals surface area contributed by atoms with Crippen LogP contribution >= 0.6 is 0 Å². The lowest BCUT2D eigenvalue weighted by molar-refractivity contribution is 0.360. The first-order valence-corrected chi connectivity index (χ1v) is 6.20. The summed E-state index contributed by atoms with van der Waals surface area (Å²) in [6.07, 6.45) is 7.27. The van der Waals surface area contributed by atoms with Gasteiger partial charge < -0.3 is 4.98 Å². The molecule has 1 saturated carbocycles. The van der Waals surface area contributed by atoms with Crippen LogP contribution in [-0.4, -0.2) is 9.97 Å². The molecule has 1 fully saturated rings. The summed E-state index contributed by atoms with van der Waals surface area (Å²) in [5, 5.41) is 10.6. The maximum atomic E-state index is 9.53. The maximum absolute atomic E-state index is 9.53. The molecule has 0 aliphatic heterocycles. The second-order valence-corrected chi connectivity index (χ2v) is 4.88. The Morgan fingerprint density at radius 2 is 2.12 bits per heavy atom. The molecule has 1 aliphatic carbocycles. The summed E-state index contributed by atoms with van der Waals surface area (Å²) in [6, 6.07) is 8.60. The fourth-order valence-corrected chi connectivity index (χ4v) is 2.81. The second-order valence-electron chi connectivity index (χ2n) is 4.88. The van der Waals surface area contributed by atoms with Crippen molar-refractivity contribution in [2.45, 2.75) is 37.5 Å². The molecule has 3 rings (SSSR count). The summed E-state index contributed by atoms with van der Waals surface area (Å²) in [5.41, 5.74) is 1.63. The Morgan fingerprint density at radius 1 is 1.29 bits per heavy atom. The van der Waals surface area contributed by atoms with Gasteiger partial charge in [0.2, 0.25) is 0 Å². The minimum absolute atomic E-state index is 0.307. The normalized spacial score (nSPS) is 19.0. The molecule has 0 radical (unpaired) electrons. The highest BCUT2D eigenvalue weighted by molar-refractivity contribution is 5.76. The number of rotatable bonds is 1. The van der Waals surface area contributed by atoms with Crippen LogP contribution in [0.3, 0.4) is 0 Å². The lowest BCUT2D eigenvalue weighted by Gasteiger charge is -2.29. The number of H-pyrrole nitrogens is 1. The molecule has 2 aromatic rings. The van der Waals surface area contributed by atoms with Crippen molar-refractivity contribution in [1.82, 2.24) is 9.97 Å². The van der Waals surface area contributed by atoms with Gasteiger partial charge in [-0.25, -0.2) is 4.98 Å². The monoisotopic (exact) mass is 225 g/mol. The number of pyridine rings is 1. The van der Waals surface area contributed by atoms with E-state index in [-0.39, 0.29) is 5.41 Å². The van der Waals surface area contributed by atoms with Gasteiger partial charge in [-0.15, -0.1) is 0 Å². The standard InChI is InChI=1S/C14H15N3/c15-10-14(6-2-1-3-7-14)12-9-11-5-4-8-16-13(11)17-12/h4-5,8-9H,1-3,6-7H2,(H,16,17). The van der Waals surface area contributed by atoms with Crippen LogP contribution in [0.15, 0.2) is 24.4 Å². The maximum Gasteiger partial charge on any atom is 0.137 e. The zero-order valence-corrected chi connectivity index (χ0v) is 9.74. The van der Waals surface area contributed by atoms with E-state index in [1.807, 2.05) is 12.1 Å². The quantitative estimate of drug-likeness (QED) is 0.809. The molecule has 0 saturated heterocycles. The van der Waals surface area contributed by atoms with Crippen LogP contribution in [0.25, 0.3) is 11.0 Å². The third-order valence-electron chi connectivity index (χ3n) is 3.83. The van der Waals surface area contributed by atoms with Crippen LogP contribution in [0.2, 0.25) is 0 Å². The van der Waals surface area contributed by atoms with Gasteiger partial charge in [0.1, 0.15) is 5.65 Å². The van der Waals surface area contributed by atoms with E-state index < -0.39 is 0 Å². The molecule has 86 valence electrons. The van der Waals surface area contributed by atoms with Crippen LogP contribution in [-0.2, 0) is 5.41 Å². The molecular weight excluding hydrogens is 210 g/mol. The molecule has 3 heteroatoms. The summed E-state index contributed by atoms with van der Waals surface area (Å²) < 4.78 is 0. The van der Waals surface area contributed by atoms with Crippen molar-refractivity contribution in [3.63, 3.8) is 0 Å². The lowest BCUT2D eigenvalue weighted by atomic mass is 9.73. The Kier molecular flexibility index (Phi) is 2.36. The molecule has 0 aromatic carbocycles. The molecule has 0 atom stereocenters. The van der Waals surface area contributed by atoms with Crippen molar-refractivity contribution >= 4 is 11.0 Å². The zero-order valence-electron chi connectivity index (χ0n) is 9.74. The number of nitriles is 1. The molecule has 0 bridgehead atoms. The van der Waals surface area contributed by atoms with Crippen molar-refractivity contribution in [2.24, 2.45) is 0 Å². The van der Waals surface area contributed by atoms with E-state index in [1.165, 1.54) is 6.42 Å². The number of hydrogen-bond donors (Lipinski definition) is 1. The Balaban J connectivity index is 2.10. The Labute approximate surface area is 100 Å². The minimum atomic E-state index is -0.307. The lowest BCUT2D eigenvalue weighted by Crippen LogP contribution is -2.27. The van der Waals surface area contributed by atoms with E-state index in [0.717, 1.165) is 42.4 Å². The van der Waals surface area contributed by atoms with Gasteiger partial charge in [-0.05, 0) is 31.0 Å². The largest absolute Gasteiger partial charge is 0.342 e. The fourth-order valence-electron chi connectivity index (χ4n) is 2.81. The van der Waals surface area contributed by atoms with Crippen LogP contribution in [0, 0.1) is 11.3 Å². The minimum Gasteiger partial charge on any atom is -0.342 e. The Bertz CT molecular complexity index is 537. The van der Waals surface area contributed by atoms with Crippen molar-refractivity contribution in [2.75, 3.05) is 0 Å². The summed E-state index contributed by atoms with van der Waals surface area (Å²) in [4.78, 5) is 7.62. The molecule has 0 amide bonds. The number of hydrogen-bond acceptors (Lipinski definition) is 2. The highest BCUT2D eigenvalue weighted by atomic mass is 14.9. The molecule has 0 unspecified atom stereocenters. The van der Waals surface area contributed by atoms with Gasteiger partial charge in [0.25, 0.3) is 0 Å².